The summed E-state index contributed by atoms with van der Waals surface area (Å²) in [6, 6.07) is 6.20. The van der Waals surface area contributed by atoms with Crippen LogP contribution < -0.4 is 0 Å². The molecule has 2 rings (SSSR count). The van der Waals surface area contributed by atoms with Gasteiger partial charge in [0.05, 0.1) is 0 Å². The molecule has 0 aliphatic heterocycles. The molecule has 0 aromatic heterocycles. The van der Waals surface area contributed by atoms with Crippen molar-refractivity contribution >= 4 is 27.8 Å². The third kappa shape index (κ3) is 1.44. The molecule has 14 heavy (non-hydrogen) atoms. The lowest BCUT2D eigenvalue weighted by Gasteiger charge is -2.19. The summed E-state index contributed by atoms with van der Waals surface area (Å²) in [5.41, 5.74) is 4.60. The van der Waals surface area contributed by atoms with Gasteiger partial charge in [0.25, 0.3) is 0 Å². The molecular formula is C12H11BrO. The quantitative estimate of drug-likeness (QED) is 0.699. The minimum Gasteiger partial charge on any atom is -0.298 e. The number of hydrogen-bond donors (Lipinski definition) is 0. The summed E-state index contributed by atoms with van der Waals surface area (Å²) in [7, 11) is 0. The fraction of sp³-hybridized carbons (Fsp3) is 0.250. The molecule has 0 atom stereocenters. The molecule has 2 heteroatoms. The normalized spacial score (nSPS) is 15.3. The summed E-state index contributed by atoms with van der Waals surface area (Å²) in [6.45, 7) is 2.02. The molecule has 0 radical (unpaired) electrons. The van der Waals surface area contributed by atoms with Gasteiger partial charge in [-0.1, -0.05) is 28.1 Å². The van der Waals surface area contributed by atoms with E-state index < -0.39 is 0 Å². The van der Waals surface area contributed by atoms with Gasteiger partial charge in [-0.05, 0) is 48.1 Å². The molecular weight excluding hydrogens is 240 g/mol. The molecule has 0 N–H and O–H groups in total. The van der Waals surface area contributed by atoms with Crippen molar-refractivity contribution in [1.82, 2.24) is 0 Å². The Morgan fingerprint density at radius 1 is 1.36 bits per heavy atom. The van der Waals surface area contributed by atoms with Gasteiger partial charge in [0.2, 0.25) is 0 Å². The Kier molecular flexibility index (Phi) is 2.55. The van der Waals surface area contributed by atoms with Gasteiger partial charge in [-0.3, -0.25) is 4.79 Å². The van der Waals surface area contributed by atoms with Crippen LogP contribution in [0.1, 0.15) is 24.5 Å². The molecule has 72 valence electrons. The topological polar surface area (TPSA) is 17.1 Å². The van der Waals surface area contributed by atoms with Crippen molar-refractivity contribution < 1.29 is 4.79 Å². The van der Waals surface area contributed by atoms with Crippen molar-refractivity contribution in [3.8, 4) is 0 Å². The molecule has 1 aliphatic rings. The minimum atomic E-state index is 0.874. The minimum absolute atomic E-state index is 0.874. The van der Waals surface area contributed by atoms with Crippen LogP contribution in [0.2, 0.25) is 0 Å². The summed E-state index contributed by atoms with van der Waals surface area (Å²) >= 11 is 3.53. The number of aldehydes is 1. The van der Waals surface area contributed by atoms with Gasteiger partial charge in [0.1, 0.15) is 6.29 Å². The third-order valence-electron chi connectivity index (χ3n) is 2.76. The van der Waals surface area contributed by atoms with Gasteiger partial charge >= 0.3 is 0 Å². The third-order valence-corrected chi connectivity index (χ3v) is 3.42. The largest absolute Gasteiger partial charge is 0.298 e. The highest BCUT2D eigenvalue weighted by atomic mass is 79.9. The van der Waals surface area contributed by atoms with Gasteiger partial charge in [-0.2, -0.15) is 0 Å². The van der Waals surface area contributed by atoms with Crippen molar-refractivity contribution in [3.63, 3.8) is 0 Å². The number of allylic oxidation sites excluding steroid dienone is 2. The van der Waals surface area contributed by atoms with Crippen LogP contribution in [0, 0.1) is 0 Å². The van der Waals surface area contributed by atoms with Crippen LogP contribution in [0.5, 0.6) is 0 Å². The van der Waals surface area contributed by atoms with Gasteiger partial charge in [-0.25, -0.2) is 0 Å². The zero-order valence-electron chi connectivity index (χ0n) is 8.01. The molecule has 0 spiro atoms. The molecule has 1 nitrogen and oxygen atoms in total. The van der Waals surface area contributed by atoms with E-state index in [2.05, 4.69) is 22.0 Å². The van der Waals surface area contributed by atoms with Crippen LogP contribution >= 0.6 is 15.9 Å². The fourth-order valence-corrected chi connectivity index (χ4v) is 2.67. The zero-order chi connectivity index (χ0) is 10.1. The van der Waals surface area contributed by atoms with Gasteiger partial charge < -0.3 is 0 Å². The van der Waals surface area contributed by atoms with Crippen molar-refractivity contribution in [2.75, 3.05) is 0 Å². The predicted molar refractivity (Wildman–Crippen MR) is 61.1 cm³/mol. The average Bonchev–Trinajstić information content (AvgIpc) is 2.18. The Hall–Kier alpha value is -0.890. The van der Waals surface area contributed by atoms with E-state index in [4.69, 9.17) is 0 Å². The maximum absolute atomic E-state index is 10.8. The molecule has 0 unspecified atom stereocenters. The lowest BCUT2D eigenvalue weighted by molar-refractivity contribution is -0.105. The second-order valence-electron chi connectivity index (χ2n) is 3.54. The van der Waals surface area contributed by atoms with E-state index >= 15 is 0 Å². The standard InChI is InChI=1S/C12H11BrO/c1-8-10(7-14)6-5-9-3-2-4-11(13)12(8)9/h2-4,7H,5-6H2,1H3. The van der Waals surface area contributed by atoms with Crippen molar-refractivity contribution in [1.29, 1.82) is 0 Å². The van der Waals surface area contributed by atoms with Crippen LogP contribution in [-0.2, 0) is 11.2 Å². The summed E-state index contributed by atoms with van der Waals surface area (Å²) < 4.78 is 1.09. The monoisotopic (exact) mass is 250 g/mol. The molecule has 1 aliphatic carbocycles. The maximum Gasteiger partial charge on any atom is 0.146 e. The first-order chi connectivity index (χ1) is 6.74. The number of benzene rings is 1. The van der Waals surface area contributed by atoms with Crippen LogP contribution in [0.4, 0.5) is 0 Å². The number of aryl methyl sites for hydroxylation is 1. The van der Waals surface area contributed by atoms with Crippen LogP contribution in [0.3, 0.4) is 0 Å². The summed E-state index contributed by atoms with van der Waals surface area (Å²) in [5.74, 6) is 0. The van der Waals surface area contributed by atoms with Crippen LogP contribution in [0.25, 0.3) is 5.57 Å². The fourth-order valence-electron chi connectivity index (χ4n) is 1.96. The van der Waals surface area contributed by atoms with Gasteiger partial charge in [-0.15, -0.1) is 0 Å². The lowest BCUT2D eigenvalue weighted by Crippen LogP contribution is -2.04. The predicted octanol–water partition coefficient (Wildman–Crippen LogP) is 3.37. The molecule has 0 bridgehead atoms. The molecule has 0 fully saturated rings. The van der Waals surface area contributed by atoms with Crippen LogP contribution in [0.15, 0.2) is 28.2 Å². The Labute approximate surface area is 92.0 Å². The molecule has 0 amide bonds. The van der Waals surface area contributed by atoms with E-state index in [-0.39, 0.29) is 0 Å². The van der Waals surface area contributed by atoms with E-state index in [1.54, 1.807) is 0 Å². The highest BCUT2D eigenvalue weighted by molar-refractivity contribution is 9.10. The van der Waals surface area contributed by atoms with Gasteiger partial charge in [0, 0.05) is 4.47 Å². The van der Waals surface area contributed by atoms with E-state index in [1.165, 1.54) is 11.1 Å². The second kappa shape index (κ2) is 3.70. The van der Waals surface area contributed by atoms with Crippen molar-refractivity contribution in [3.05, 3.63) is 39.4 Å². The maximum atomic E-state index is 10.8. The van der Waals surface area contributed by atoms with E-state index in [9.17, 15) is 4.79 Å². The smallest absolute Gasteiger partial charge is 0.146 e. The SMILES string of the molecule is CC1=C(C=O)CCc2cccc(Br)c21. The number of carbonyl (C=O) groups excluding carboxylic acids is 1. The summed E-state index contributed by atoms with van der Waals surface area (Å²) in [4.78, 5) is 10.8. The Balaban J connectivity index is 2.66. The average molecular weight is 251 g/mol. The summed E-state index contributed by atoms with van der Waals surface area (Å²) in [6.07, 6.45) is 2.83. The van der Waals surface area contributed by atoms with Gasteiger partial charge in [0.15, 0.2) is 0 Å². The number of halogens is 1. The number of carbonyl (C=O) groups is 1. The highest BCUT2D eigenvalue weighted by Gasteiger charge is 2.17. The highest BCUT2D eigenvalue weighted by Crippen LogP contribution is 2.34. The number of hydrogen-bond acceptors (Lipinski definition) is 1. The summed E-state index contributed by atoms with van der Waals surface area (Å²) in [5, 5.41) is 0. The molecule has 0 saturated heterocycles. The second-order valence-corrected chi connectivity index (χ2v) is 4.40. The molecule has 1 aromatic rings. The first kappa shape index (κ1) is 9.66. The molecule has 0 saturated carbocycles. The molecule has 1 aromatic carbocycles. The first-order valence-electron chi connectivity index (χ1n) is 4.66. The van der Waals surface area contributed by atoms with E-state index in [1.807, 2.05) is 19.1 Å². The first-order valence-corrected chi connectivity index (χ1v) is 5.46. The Morgan fingerprint density at radius 3 is 2.86 bits per heavy atom. The lowest BCUT2D eigenvalue weighted by atomic mass is 9.87. The Bertz CT molecular complexity index is 418. The number of rotatable bonds is 1. The zero-order valence-corrected chi connectivity index (χ0v) is 9.60. The van der Waals surface area contributed by atoms with E-state index in [0.29, 0.717) is 0 Å². The van der Waals surface area contributed by atoms with E-state index in [0.717, 1.165) is 34.7 Å². The van der Waals surface area contributed by atoms with Crippen molar-refractivity contribution in [2.24, 2.45) is 0 Å². The Morgan fingerprint density at radius 2 is 2.14 bits per heavy atom. The van der Waals surface area contributed by atoms with Crippen LogP contribution in [-0.4, -0.2) is 6.29 Å². The van der Waals surface area contributed by atoms with Crippen molar-refractivity contribution in [2.45, 2.75) is 19.8 Å². The number of fused-ring (bicyclic) bond motifs is 1. The molecule has 0 heterocycles.